The monoisotopic (exact) mass is 265 g/mol. The number of nitrogens with zero attached hydrogens (tertiary/aromatic N) is 2. The van der Waals surface area contributed by atoms with Crippen molar-refractivity contribution in [2.75, 3.05) is 20.6 Å². The van der Waals surface area contributed by atoms with Crippen molar-refractivity contribution in [1.29, 1.82) is 0 Å². The van der Waals surface area contributed by atoms with E-state index in [1.165, 1.54) is 0 Å². The van der Waals surface area contributed by atoms with Crippen LogP contribution < -0.4 is 5.32 Å². The second-order valence-electron chi connectivity index (χ2n) is 4.94. The van der Waals surface area contributed by atoms with Gasteiger partial charge in [0.05, 0.1) is 6.17 Å². The Morgan fingerprint density at radius 3 is 2.61 bits per heavy atom. The van der Waals surface area contributed by atoms with Crippen LogP contribution in [0.2, 0.25) is 5.02 Å². The van der Waals surface area contributed by atoms with Gasteiger partial charge < -0.3 is 0 Å². The number of hydrogen-bond acceptors (Lipinski definition) is 2. The van der Waals surface area contributed by atoms with Gasteiger partial charge in [0.2, 0.25) is 0 Å². The zero-order valence-electron chi connectivity index (χ0n) is 10.8. The summed E-state index contributed by atoms with van der Waals surface area (Å²) >= 11 is 5.83. The average Bonchev–Trinajstić information content (AvgIpc) is 2.39. The Kier molecular flexibility index (Phi) is 4.38. The van der Waals surface area contributed by atoms with Crippen LogP contribution in [0.4, 0.5) is 0 Å². The molecule has 0 saturated carbocycles. The summed E-state index contributed by atoms with van der Waals surface area (Å²) in [5, 5.41) is 5.19. The third-order valence-electron chi connectivity index (χ3n) is 3.41. The van der Waals surface area contributed by atoms with E-state index in [1.54, 1.807) is 24.3 Å². The first kappa shape index (κ1) is 13.5. The first-order valence-corrected chi connectivity index (χ1v) is 6.58. The Morgan fingerprint density at radius 2 is 2.00 bits per heavy atom. The fourth-order valence-corrected chi connectivity index (χ4v) is 2.41. The van der Waals surface area contributed by atoms with Crippen LogP contribution in [0.5, 0.6) is 0 Å². The summed E-state index contributed by atoms with van der Waals surface area (Å²) in [6, 6.07) is 7.15. The number of ketones is 1. The molecule has 1 aromatic carbocycles. The van der Waals surface area contributed by atoms with Gasteiger partial charge in [-0.15, -0.1) is 0 Å². The van der Waals surface area contributed by atoms with Crippen molar-refractivity contribution in [1.82, 2.24) is 10.2 Å². The SMILES string of the molecule is CN(C)C1CC(C(=O)c2ccc(Cl)cc2)CC[N]1. The molecule has 3 nitrogen and oxygen atoms in total. The first-order valence-electron chi connectivity index (χ1n) is 6.20. The molecule has 2 rings (SSSR count). The van der Waals surface area contributed by atoms with Gasteiger partial charge in [-0.25, -0.2) is 5.32 Å². The summed E-state index contributed by atoms with van der Waals surface area (Å²) in [6.07, 6.45) is 1.83. The lowest BCUT2D eigenvalue weighted by Gasteiger charge is -2.32. The quantitative estimate of drug-likeness (QED) is 0.787. The van der Waals surface area contributed by atoms with E-state index in [4.69, 9.17) is 11.6 Å². The number of halogens is 1. The van der Waals surface area contributed by atoms with Gasteiger partial charge >= 0.3 is 0 Å². The molecule has 4 heteroatoms. The Labute approximate surface area is 113 Å². The van der Waals surface area contributed by atoms with E-state index in [9.17, 15) is 4.79 Å². The van der Waals surface area contributed by atoms with Crippen LogP contribution in [0.3, 0.4) is 0 Å². The van der Waals surface area contributed by atoms with Crippen molar-refractivity contribution in [2.24, 2.45) is 5.92 Å². The lowest BCUT2D eigenvalue weighted by atomic mass is 9.88. The molecule has 1 heterocycles. The van der Waals surface area contributed by atoms with Gasteiger partial charge in [0.1, 0.15) is 0 Å². The topological polar surface area (TPSA) is 34.4 Å². The molecule has 1 fully saturated rings. The van der Waals surface area contributed by atoms with Gasteiger partial charge in [-0.2, -0.15) is 0 Å². The number of hydrogen-bond donors (Lipinski definition) is 0. The van der Waals surface area contributed by atoms with Crippen molar-refractivity contribution in [3.8, 4) is 0 Å². The lowest BCUT2D eigenvalue weighted by Crippen LogP contribution is -2.44. The number of rotatable bonds is 3. The number of benzene rings is 1. The Hall–Kier alpha value is -0.900. The molecule has 0 aromatic heterocycles. The molecule has 18 heavy (non-hydrogen) atoms. The summed E-state index contributed by atoms with van der Waals surface area (Å²) in [4.78, 5) is 14.4. The molecule has 2 atom stereocenters. The molecule has 0 N–H and O–H groups in total. The highest BCUT2D eigenvalue weighted by Crippen LogP contribution is 2.23. The third-order valence-corrected chi connectivity index (χ3v) is 3.66. The van der Waals surface area contributed by atoms with Crippen LogP contribution in [0.1, 0.15) is 23.2 Å². The average molecular weight is 266 g/mol. The van der Waals surface area contributed by atoms with E-state index in [0.717, 1.165) is 24.9 Å². The maximum atomic E-state index is 12.4. The molecule has 1 aliphatic heterocycles. The van der Waals surface area contributed by atoms with Crippen molar-refractivity contribution in [3.63, 3.8) is 0 Å². The van der Waals surface area contributed by atoms with Crippen molar-refractivity contribution >= 4 is 17.4 Å². The minimum Gasteiger partial charge on any atom is -0.294 e. The highest BCUT2D eigenvalue weighted by molar-refractivity contribution is 6.30. The fraction of sp³-hybridized carbons (Fsp3) is 0.500. The van der Waals surface area contributed by atoms with Crippen molar-refractivity contribution in [2.45, 2.75) is 19.0 Å². The highest BCUT2D eigenvalue weighted by Gasteiger charge is 2.29. The van der Waals surface area contributed by atoms with Crippen molar-refractivity contribution in [3.05, 3.63) is 34.9 Å². The summed E-state index contributed by atoms with van der Waals surface area (Å²) in [5.74, 6) is 0.296. The summed E-state index contributed by atoms with van der Waals surface area (Å²) in [5.41, 5.74) is 0.754. The van der Waals surface area contributed by atoms with Gasteiger partial charge in [0.25, 0.3) is 0 Å². The van der Waals surface area contributed by atoms with Gasteiger partial charge in [-0.1, -0.05) is 11.6 Å². The molecule has 0 bridgehead atoms. The van der Waals surface area contributed by atoms with Gasteiger partial charge in [-0.3, -0.25) is 9.69 Å². The Balaban J connectivity index is 2.06. The van der Waals surface area contributed by atoms with E-state index in [0.29, 0.717) is 5.02 Å². The molecule has 1 radical (unpaired) electrons. The van der Waals surface area contributed by atoms with E-state index in [2.05, 4.69) is 10.2 Å². The Bertz CT molecular complexity index is 416. The van der Waals surface area contributed by atoms with Crippen LogP contribution >= 0.6 is 11.6 Å². The molecule has 0 spiro atoms. The Morgan fingerprint density at radius 1 is 1.33 bits per heavy atom. The standard InChI is InChI=1S/C14H18ClN2O/c1-17(2)13-9-11(7-8-16-13)14(18)10-3-5-12(15)6-4-10/h3-6,11,13H,7-9H2,1-2H3. The molecule has 1 aliphatic rings. The molecule has 97 valence electrons. The second-order valence-corrected chi connectivity index (χ2v) is 5.38. The summed E-state index contributed by atoms with van der Waals surface area (Å²) < 4.78 is 0. The molecule has 0 aliphatic carbocycles. The molecule has 0 amide bonds. The third kappa shape index (κ3) is 3.10. The summed E-state index contributed by atoms with van der Waals surface area (Å²) in [6.45, 7) is 0.771. The molecule has 1 saturated heterocycles. The second kappa shape index (κ2) is 5.83. The van der Waals surface area contributed by atoms with Crippen LogP contribution in [0.25, 0.3) is 0 Å². The minimum absolute atomic E-state index is 0.0797. The van der Waals surface area contributed by atoms with Crippen LogP contribution in [0, 0.1) is 5.92 Å². The largest absolute Gasteiger partial charge is 0.294 e. The van der Waals surface area contributed by atoms with E-state index in [-0.39, 0.29) is 17.9 Å². The first-order chi connectivity index (χ1) is 8.58. The number of carbonyl (C=O) groups excluding carboxylic acids is 1. The van der Waals surface area contributed by atoms with Gasteiger partial charge in [-0.05, 0) is 51.2 Å². The minimum atomic E-state index is 0.0797. The maximum Gasteiger partial charge on any atom is 0.166 e. The summed E-state index contributed by atoms with van der Waals surface area (Å²) in [7, 11) is 4.01. The lowest BCUT2D eigenvalue weighted by molar-refractivity contribution is 0.0820. The smallest absolute Gasteiger partial charge is 0.166 e. The fourth-order valence-electron chi connectivity index (χ4n) is 2.29. The molecule has 1 aromatic rings. The van der Waals surface area contributed by atoms with Crippen molar-refractivity contribution < 1.29 is 4.79 Å². The van der Waals surface area contributed by atoms with Crippen LogP contribution in [-0.2, 0) is 0 Å². The predicted octanol–water partition coefficient (Wildman–Crippen LogP) is 2.42. The molecule has 2 unspecified atom stereocenters. The molecular formula is C14H18ClN2O. The van der Waals surface area contributed by atoms with Crippen LogP contribution in [0.15, 0.2) is 24.3 Å². The van der Waals surface area contributed by atoms with Gasteiger partial charge in [0.15, 0.2) is 5.78 Å². The van der Waals surface area contributed by atoms with Crippen LogP contribution in [-0.4, -0.2) is 37.5 Å². The number of Topliss-reactive ketones (excluding diaryl/α,β-unsaturated/α-hetero) is 1. The predicted molar refractivity (Wildman–Crippen MR) is 73.0 cm³/mol. The molecular weight excluding hydrogens is 248 g/mol. The maximum absolute atomic E-state index is 12.4. The normalized spacial score (nSPS) is 24.2. The van der Waals surface area contributed by atoms with E-state index >= 15 is 0 Å². The zero-order chi connectivity index (χ0) is 13.1. The number of carbonyl (C=O) groups is 1. The van der Waals surface area contributed by atoms with Gasteiger partial charge in [0, 0.05) is 23.0 Å². The highest BCUT2D eigenvalue weighted by atomic mass is 35.5. The zero-order valence-corrected chi connectivity index (χ0v) is 11.5. The van der Waals surface area contributed by atoms with E-state index < -0.39 is 0 Å². The number of piperidine rings is 1. The van der Waals surface area contributed by atoms with E-state index in [1.807, 2.05) is 14.1 Å².